The van der Waals surface area contributed by atoms with E-state index >= 15 is 0 Å². The maximum absolute atomic E-state index is 12.6. The highest BCUT2D eigenvalue weighted by molar-refractivity contribution is 5.91. The standard InChI is InChI=1S/C26H26N2O4/c29-25(20-9-12-28(13-10-20)26(30)24-2-1-14-31-24)27-17-18-3-5-19(6-4-18)21-7-8-23-22(16-21)11-15-32-23/h1-8,14,16,20H,9-13,15,17H2,(H,27,29). The summed E-state index contributed by atoms with van der Waals surface area (Å²) in [5, 5.41) is 3.06. The molecule has 164 valence electrons. The first kappa shape index (κ1) is 20.4. The zero-order valence-electron chi connectivity index (χ0n) is 17.9. The number of carbonyl (C=O) groups excluding carboxylic acids is 2. The van der Waals surface area contributed by atoms with Crippen molar-refractivity contribution in [3.63, 3.8) is 0 Å². The van der Waals surface area contributed by atoms with Gasteiger partial charge in [0.05, 0.1) is 12.9 Å². The molecule has 0 aliphatic carbocycles. The molecule has 3 aromatic rings. The quantitative estimate of drug-likeness (QED) is 0.663. The molecule has 2 aliphatic rings. The minimum Gasteiger partial charge on any atom is -0.493 e. The third-order valence-electron chi connectivity index (χ3n) is 6.33. The molecular weight excluding hydrogens is 404 g/mol. The summed E-state index contributed by atoms with van der Waals surface area (Å²) in [5.74, 6) is 1.22. The highest BCUT2D eigenvalue weighted by Gasteiger charge is 2.28. The van der Waals surface area contributed by atoms with Crippen molar-refractivity contribution in [1.82, 2.24) is 10.2 Å². The normalized spacial score (nSPS) is 15.8. The summed E-state index contributed by atoms with van der Waals surface area (Å²) in [5.41, 5.74) is 4.66. The summed E-state index contributed by atoms with van der Waals surface area (Å²) in [6.45, 7) is 2.40. The number of amides is 2. The molecule has 1 N–H and O–H groups in total. The lowest BCUT2D eigenvalue weighted by molar-refractivity contribution is -0.126. The van der Waals surface area contributed by atoms with Gasteiger partial charge < -0.3 is 19.4 Å². The molecule has 0 radical (unpaired) electrons. The predicted molar refractivity (Wildman–Crippen MR) is 120 cm³/mol. The van der Waals surface area contributed by atoms with Crippen molar-refractivity contribution in [1.29, 1.82) is 0 Å². The highest BCUT2D eigenvalue weighted by atomic mass is 16.5. The molecule has 2 amide bonds. The number of piperidine rings is 1. The van der Waals surface area contributed by atoms with Crippen LogP contribution in [-0.2, 0) is 17.8 Å². The molecule has 0 atom stereocenters. The Balaban J connectivity index is 1.12. The van der Waals surface area contributed by atoms with Crippen molar-refractivity contribution < 1.29 is 18.7 Å². The molecule has 2 aromatic carbocycles. The molecular formula is C26H26N2O4. The molecule has 6 nitrogen and oxygen atoms in total. The Morgan fingerprint density at radius 3 is 2.53 bits per heavy atom. The van der Waals surface area contributed by atoms with E-state index < -0.39 is 0 Å². The van der Waals surface area contributed by atoms with E-state index in [-0.39, 0.29) is 17.7 Å². The van der Waals surface area contributed by atoms with Crippen LogP contribution in [-0.4, -0.2) is 36.4 Å². The third kappa shape index (κ3) is 4.26. The van der Waals surface area contributed by atoms with Gasteiger partial charge in [-0.05, 0) is 59.4 Å². The summed E-state index contributed by atoms with van der Waals surface area (Å²) in [6, 6.07) is 18.0. The summed E-state index contributed by atoms with van der Waals surface area (Å²) in [6.07, 6.45) is 3.79. The van der Waals surface area contributed by atoms with Gasteiger partial charge in [-0.2, -0.15) is 0 Å². The number of carbonyl (C=O) groups is 2. The fraction of sp³-hybridized carbons (Fsp3) is 0.308. The number of nitrogens with zero attached hydrogens (tertiary/aromatic N) is 1. The Morgan fingerprint density at radius 1 is 1.00 bits per heavy atom. The van der Waals surface area contributed by atoms with Crippen LogP contribution in [0.3, 0.4) is 0 Å². The Labute approximate surface area is 187 Å². The van der Waals surface area contributed by atoms with Crippen molar-refractivity contribution in [2.45, 2.75) is 25.8 Å². The van der Waals surface area contributed by atoms with Crippen LogP contribution in [0.25, 0.3) is 11.1 Å². The first-order chi connectivity index (χ1) is 15.7. The van der Waals surface area contributed by atoms with Gasteiger partial charge in [0.1, 0.15) is 5.75 Å². The Kier molecular flexibility index (Phi) is 5.67. The lowest BCUT2D eigenvalue weighted by Gasteiger charge is -2.30. The Morgan fingerprint density at radius 2 is 1.78 bits per heavy atom. The molecule has 6 heteroatoms. The average molecular weight is 431 g/mol. The first-order valence-corrected chi connectivity index (χ1v) is 11.1. The van der Waals surface area contributed by atoms with Gasteiger partial charge in [0.2, 0.25) is 5.91 Å². The van der Waals surface area contributed by atoms with Crippen LogP contribution in [0.5, 0.6) is 5.75 Å². The van der Waals surface area contributed by atoms with E-state index in [1.54, 1.807) is 17.0 Å². The SMILES string of the molecule is O=C(NCc1ccc(-c2ccc3c(c2)CCO3)cc1)C1CCN(C(=O)c2ccco2)CC1. The van der Waals surface area contributed by atoms with E-state index in [1.807, 2.05) is 6.07 Å². The number of ether oxygens (including phenoxy) is 1. The largest absolute Gasteiger partial charge is 0.493 e. The number of rotatable bonds is 5. The van der Waals surface area contributed by atoms with Crippen molar-refractivity contribution in [3.8, 4) is 16.9 Å². The van der Waals surface area contributed by atoms with Crippen LogP contribution in [0.1, 0.15) is 34.5 Å². The van der Waals surface area contributed by atoms with E-state index in [2.05, 4.69) is 41.7 Å². The van der Waals surface area contributed by atoms with Crippen LogP contribution in [0.4, 0.5) is 0 Å². The van der Waals surface area contributed by atoms with Gasteiger partial charge in [-0.25, -0.2) is 0 Å². The van der Waals surface area contributed by atoms with Gasteiger partial charge >= 0.3 is 0 Å². The first-order valence-electron chi connectivity index (χ1n) is 11.1. The zero-order valence-corrected chi connectivity index (χ0v) is 17.9. The molecule has 0 saturated carbocycles. The van der Waals surface area contributed by atoms with E-state index in [1.165, 1.54) is 17.4 Å². The molecule has 1 aromatic heterocycles. The number of hydrogen-bond acceptors (Lipinski definition) is 4. The summed E-state index contributed by atoms with van der Waals surface area (Å²) in [4.78, 5) is 26.7. The number of likely N-dealkylation sites (tertiary alicyclic amines) is 1. The maximum Gasteiger partial charge on any atom is 0.289 e. The molecule has 1 saturated heterocycles. The van der Waals surface area contributed by atoms with E-state index in [4.69, 9.17) is 9.15 Å². The third-order valence-corrected chi connectivity index (χ3v) is 6.33. The van der Waals surface area contributed by atoms with E-state index in [0.717, 1.165) is 29.9 Å². The monoisotopic (exact) mass is 430 g/mol. The lowest BCUT2D eigenvalue weighted by Crippen LogP contribution is -2.42. The maximum atomic E-state index is 12.6. The van der Waals surface area contributed by atoms with Crippen LogP contribution < -0.4 is 10.1 Å². The van der Waals surface area contributed by atoms with Gasteiger partial charge in [0.15, 0.2) is 5.76 Å². The van der Waals surface area contributed by atoms with Gasteiger partial charge in [-0.1, -0.05) is 30.3 Å². The predicted octanol–water partition coefficient (Wildman–Crippen LogP) is 4.05. The second kappa shape index (κ2) is 8.91. The average Bonchev–Trinajstić information content (AvgIpc) is 3.54. The van der Waals surface area contributed by atoms with Crippen LogP contribution in [0.15, 0.2) is 65.3 Å². The van der Waals surface area contributed by atoms with Crippen molar-refractivity contribution in [2.75, 3.05) is 19.7 Å². The van der Waals surface area contributed by atoms with Gasteiger partial charge in [0, 0.05) is 32.0 Å². The molecule has 1 fully saturated rings. The number of furan rings is 1. The topological polar surface area (TPSA) is 71.8 Å². The van der Waals surface area contributed by atoms with Crippen molar-refractivity contribution in [3.05, 3.63) is 77.7 Å². The number of fused-ring (bicyclic) bond motifs is 1. The molecule has 0 unspecified atom stereocenters. The molecule has 0 spiro atoms. The lowest BCUT2D eigenvalue weighted by atomic mass is 9.95. The second-order valence-corrected chi connectivity index (χ2v) is 8.38. The van der Waals surface area contributed by atoms with Gasteiger partial charge in [-0.3, -0.25) is 9.59 Å². The van der Waals surface area contributed by atoms with Crippen molar-refractivity contribution >= 4 is 11.8 Å². The van der Waals surface area contributed by atoms with Crippen molar-refractivity contribution in [2.24, 2.45) is 5.92 Å². The molecule has 32 heavy (non-hydrogen) atoms. The van der Waals surface area contributed by atoms with Gasteiger partial charge in [0.25, 0.3) is 5.91 Å². The molecule has 5 rings (SSSR count). The van der Waals surface area contributed by atoms with E-state index in [0.29, 0.717) is 38.2 Å². The molecule has 2 aliphatic heterocycles. The smallest absolute Gasteiger partial charge is 0.289 e. The molecule has 3 heterocycles. The summed E-state index contributed by atoms with van der Waals surface area (Å²) in [7, 11) is 0. The fourth-order valence-corrected chi connectivity index (χ4v) is 4.42. The minimum atomic E-state index is -0.107. The summed E-state index contributed by atoms with van der Waals surface area (Å²) < 4.78 is 10.8. The fourth-order valence-electron chi connectivity index (χ4n) is 4.42. The summed E-state index contributed by atoms with van der Waals surface area (Å²) >= 11 is 0. The van der Waals surface area contributed by atoms with Crippen LogP contribution in [0.2, 0.25) is 0 Å². The zero-order chi connectivity index (χ0) is 21.9. The van der Waals surface area contributed by atoms with E-state index in [9.17, 15) is 9.59 Å². The number of benzene rings is 2. The van der Waals surface area contributed by atoms with Crippen LogP contribution >= 0.6 is 0 Å². The Hall–Kier alpha value is -3.54. The number of nitrogens with one attached hydrogen (secondary N) is 1. The highest BCUT2D eigenvalue weighted by Crippen LogP contribution is 2.30. The molecule has 0 bridgehead atoms. The minimum absolute atomic E-state index is 0.0535. The Bertz CT molecular complexity index is 1100. The van der Waals surface area contributed by atoms with Gasteiger partial charge in [-0.15, -0.1) is 0 Å². The number of hydrogen-bond donors (Lipinski definition) is 1. The second-order valence-electron chi connectivity index (χ2n) is 8.38. The van der Waals surface area contributed by atoms with Crippen LogP contribution in [0, 0.1) is 5.92 Å².